The summed E-state index contributed by atoms with van der Waals surface area (Å²) in [4.78, 5) is 2.86. The lowest BCUT2D eigenvalue weighted by Crippen LogP contribution is -2.36. The maximum atomic E-state index is 2.86. The predicted octanol–water partition coefficient (Wildman–Crippen LogP) is 2.41. The van der Waals surface area contributed by atoms with Crippen molar-refractivity contribution in [3.63, 3.8) is 0 Å². The summed E-state index contributed by atoms with van der Waals surface area (Å²) in [6, 6.07) is 2.91. The largest absolute Gasteiger partial charge is 0.294 e. The minimum Gasteiger partial charge on any atom is -0.294 e. The Morgan fingerprint density at radius 1 is 1.08 bits per heavy atom. The van der Waals surface area contributed by atoms with Crippen LogP contribution in [0.3, 0.4) is 0 Å². The number of hydrogen-bond acceptors (Lipinski definition) is 1. The second-order valence-electron chi connectivity index (χ2n) is 5.02. The molecule has 1 saturated carbocycles. The first-order valence-corrected chi connectivity index (χ1v) is 5.63. The fraction of sp³-hybridized carbons (Fsp3) is 1.00. The minimum absolute atomic E-state index is 0.906. The molecule has 0 unspecified atom stereocenters. The van der Waals surface area contributed by atoms with Crippen molar-refractivity contribution in [3.05, 3.63) is 0 Å². The van der Waals surface area contributed by atoms with Crippen LogP contribution in [0.25, 0.3) is 0 Å². The van der Waals surface area contributed by atoms with E-state index in [-0.39, 0.29) is 0 Å². The Hall–Kier alpha value is -0.0400. The average molecular weight is 165 g/mol. The predicted molar refractivity (Wildman–Crippen MR) is 50.1 cm³/mol. The Kier molecular flexibility index (Phi) is 1.52. The van der Waals surface area contributed by atoms with Crippen LogP contribution in [0.4, 0.5) is 0 Å². The third-order valence-electron chi connectivity index (χ3n) is 4.42. The molecule has 68 valence electrons. The van der Waals surface area contributed by atoms with E-state index in [0.717, 1.165) is 24.0 Å². The Bertz CT molecular complexity index is 189. The van der Waals surface area contributed by atoms with Gasteiger partial charge in [-0.2, -0.15) is 0 Å². The van der Waals surface area contributed by atoms with Crippen LogP contribution in [0.15, 0.2) is 0 Å². The van der Waals surface area contributed by atoms with Crippen LogP contribution in [-0.4, -0.2) is 23.0 Å². The third-order valence-corrected chi connectivity index (χ3v) is 4.42. The van der Waals surface area contributed by atoms with E-state index in [9.17, 15) is 0 Å². The fourth-order valence-electron chi connectivity index (χ4n) is 3.96. The monoisotopic (exact) mass is 165 g/mol. The minimum atomic E-state index is 0.906. The topological polar surface area (TPSA) is 3.24 Å². The normalized spacial score (nSPS) is 52.8. The maximum Gasteiger partial charge on any atom is 0.0130 e. The molecule has 0 aromatic rings. The average Bonchev–Trinajstić information content (AvgIpc) is 2.61. The lowest BCUT2D eigenvalue weighted by atomic mass is 9.99. The first-order valence-electron chi connectivity index (χ1n) is 5.63. The Morgan fingerprint density at radius 2 is 2.00 bits per heavy atom. The summed E-state index contributed by atoms with van der Waals surface area (Å²) in [6.07, 6.45) is 9.04. The van der Waals surface area contributed by atoms with Gasteiger partial charge in [-0.25, -0.2) is 0 Å². The molecule has 0 N–H and O–H groups in total. The summed E-state index contributed by atoms with van der Waals surface area (Å²) in [7, 11) is 0. The van der Waals surface area contributed by atoms with E-state index in [0.29, 0.717) is 0 Å². The van der Waals surface area contributed by atoms with Gasteiger partial charge >= 0.3 is 0 Å². The molecule has 2 saturated heterocycles. The molecule has 0 amide bonds. The second kappa shape index (κ2) is 2.47. The molecule has 1 nitrogen and oxygen atoms in total. The SMILES string of the molecule is C[C@@H]1CC[C@@H]2C[C@@H]3CCC[C@H]3N21. The Balaban J connectivity index is 1.85. The quantitative estimate of drug-likeness (QED) is 0.533. The molecule has 3 fully saturated rings. The van der Waals surface area contributed by atoms with Gasteiger partial charge in [-0.05, 0) is 44.9 Å². The van der Waals surface area contributed by atoms with E-state index in [2.05, 4.69) is 11.8 Å². The van der Waals surface area contributed by atoms with Crippen molar-refractivity contribution in [2.45, 2.75) is 63.6 Å². The molecule has 0 aromatic heterocycles. The van der Waals surface area contributed by atoms with Crippen LogP contribution in [0.2, 0.25) is 0 Å². The lowest BCUT2D eigenvalue weighted by Gasteiger charge is -2.27. The number of rotatable bonds is 0. The zero-order valence-corrected chi connectivity index (χ0v) is 8.00. The molecule has 3 rings (SSSR count). The third kappa shape index (κ3) is 0.834. The maximum absolute atomic E-state index is 2.86. The first kappa shape index (κ1) is 7.37. The number of nitrogens with zero attached hydrogens (tertiary/aromatic N) is 1. The van der Waals surface area contributed by atoms with Crippen LogP contribution in [0.1, 0.15) is 45.4 Å². The molecule has 4 atom stereocenters. The summed E-state index contributed by atoms with van der Waals surface area (Å²) >= 11 is 0. The molecular weight excluding hydrogens is 146 g/mol. The summed E-state index contributed by atoms with van der Waals surface area (Å²) < 4.78 is 0. The zero-order chi connectivity index (χ0) is 8.13. The molecule has 1 aliphatic carbocycles. The van der Waals surface area contributed by atoms with Crippen molar-refractivity contribution in [3.8, 4) is 0 Å². The zero-order valence-electron chi connectivity index (χ0n) is 8.00. The van der Waals surface area contributed by atoms with Gasteiger partial charge in [0.25, 0.3) is 0 Å². The van der Waals surface area contributed by atoms with E-state index in [1.54, 1.807) is 0 Å². The second-order valence-corrected chi connectivity index (χ2v) is 5.02. The molecule has 2 aliphatic heterocycles. The Labute approximate surface area is 75.1 Å². The van der Waals surface area contributed by atoms with Crippen LogP contribution >= 0.6 is 0 Å². The van der Waals surface area contributed by atoms with E-state index < -0.39 is 0 Å². The van der Waals surface area contributed by atoms with E-state index >= 15 is 0 Å². The van der Waals surface area contributed by atoms with Gasteiger partial charge in [-0.1, -0.05) is 6.42 Å². The molecule has 2 heterocycles. The van der Waals surface area contributed by atoms with Crippen LogP contribution < -0.4 is 0 Å². The summed E-state index contributed by atoms with van der Waals surface area (Å²) in [5.74, 6) is 1.10. The van der Waals surface area contributed by atoms with Crippen LogP contribution in [0, 0.1) is 5.92 Å². The summed E-state index contributed by atoms with van der Waals surface area (Å²) in [5.41, 5.74) is 0. The molecule has 0 bridgehead atoms. The number of hydrogen-bond donors (Lipinski definition) is 0. The smallest absolute Gasteiger partial charge is 0.0130 e. The van der Waals surface area contributed by atoms with Crippen molar-refractivity contribution in [1.82, 2.24) is 4.90 Å². The van der Waals surface area contributed by atoms with Gasteiger partial charge < -0.3 is 0 Å². The van der Waals surface area contributed by atoms with Crippen molar-refractivity contribution < 1.29 is 0 Å². The molecule has 3 aliphatic rings. The highest BCUT2D eigenvalue weighted by molar-refractivity contribution is 5.02. The molecular formula is C11H19N. The van der Waals surface area contributed by atoms with E-state index in [4.69, 9.17) is 0 Å². The standard InChI is InChI=1S/C11H19N/c1-8-5-6-10-7-9-3-2-4-11(9)12(8)10/h8-11H,2-7H2,1H3/t8-,9+,10-,11-/m1/s1. The van der Waals surface area contributed by atoms with Gasteiger partial charge in [0.05, 0.1) is 0 Å². The van der Waals surface area contributed by atoms with E-state index in [1.165, 1.54) is 38.5 Å². The van der Waals surface area contributed by atoms with Crippen molar-refractivity contribution in [2.24, 2.45) is 5.92 Å². The number of fused-ring (bicyclic) bond motifs is 3. The van der Waals surface area contributed by atoms with Gasteiger partial charge in [0.2, 0.25) is 0 Å². The van der Waals surface area contributed by atoms with Crippen LogP contribution in [0.5, 0.6) is 0 Å². The van der Waals surface area contributed by atoms with E-state index in [1.807, 2.05) is 0 Å². The fourth-order valence-corrected chi connectivity index (χ4v) is 3.96. The molecule has 0 radical (unpaired) electrons. The molecule has 0 spiro atoms. The first-order chi connectivity index (χ1) is 5.86. The summed E-state index contributed by atoms with van der Waals surface area (Å²) in [5, 5.41) is 0. The summed E-state index contributed by atoms with van der Waals surface area (Å²) in [6.45, 7) is 2.43. The highest BCUT2D eigenvalue weighted by Gasteiger charge is 2.47. The van der Waals surface area contributed by atoms with Crippen molar-refractivity contribution in [2.75, 3.05) is 0 Å². The highest BCUT2D eigenvalue weighted by atomic mass is 15.3. The van der Waals surface area contributed by atoms with Crippen LogP contribution in [-0.2, 0) is 0 Å². The highest BCUT2D eigenvalue weighted by Crippen LogP contribution is 2.46. The van der Waals surface area contributed by atoms with Crippen molar-refractivity contribution in [1.29, 1.82) is 0 Å². The van der Waals surface area contributed by atoms with Gasteiger partial charge in [0.15, 0.2) is 0 Å². The molecule has 12 heavy (non-hydrogen) atoms. The van der Waals surface area contributed by atoms with Gasteiger partial charge in [0.1, 0.15) is 0 Å². The molecule has 0 aromatic carbocycles. The lowest BCUT2D eigenvalue weighted by molar-refractivity contribution is 0.184. The van der Waals surface area contributed by atoms with Gasteiger partial charge in [0, 0.05) is 18.1 Å². The Morgan fingerprint density at radius 3 is 2.92 bits per heavy atom. The van der Waals surface area contributed by atoms with Crippen molar-refractivity contribution >= 4 is 0 Å². The van der Waals surface area contributed by atoms with Gasteiger partial charge in [-0.15, -0.1) is 0 Å². The molecule has 1 heteroatoms. The van der Waals surface area contributed by atoms with Gasteiger partial charge in [-0.3, -0.25) is 4.90 Å².